The Kier molecular flexibility index (Phi) is 4.25. The number of amides is 1. The van der Waals surface area contributed by atoms with Gasteiger partial charge in [0, 0.05) is 0 Å². The number of halogens is 3. The van der Waals surface area contributed by atoms with E-state index in [2.05, 4.69) is 20.5 Å². The van der Waals surface area contributed by atoms with Crippen LogP contribution in [-0.4, -0.2) is 21.1 Å². The molecule has 1 aromatic heterocycles. The van der Waals surface area contributed by atoms with Gasteiger partial charge in [0.05, 0.1) is 18.0 Å². The van der Waals surface area contributed by atoms with Crippen LogP contribution in [0.15, 0.2) is 30.6 Å². The van der Waals surface area contributed by atoms with E-state index in [4.69, 9.17) is 0 Å². The number of H-pyrrole nitrogens is 1. The van der Waals surface area contributed by atoms with Crippen LogP contribution in [0.2, 0.25) is 0 Å². The number of aromatic amines is 1. The topological polar surface area (TPSA) is 70.7 Å². The van der Waals surface area contributed by atoms with Gasteiger partial charge < -0.3 is 5.32 Å². The molecule has 2 N–H and O–H groups in total. The quantitative estimate of drug-likeness (QED) is 0.909. The molecule has 0 bridgehead atoms. The number of aromatic nitrogens is 3. The highest BCUT2D eigenvalue weighted by molar-refractivity contribution is 5.78. The summed E-state index contributed by atoms with van der Waals surface area (Å²) in [5.41, 5.74) is -0.230. The van der Waals surface area contributed by atoms with Crippen LogP contribution >= 0.6 is 0 Å². The summed E-state index contributed by atoms with van der Waals surface area (Å²) >= 11 is 0. The second kappa shape index (κ2) is 5.94. The fraction of sp³-hybridized carbons (Fsp3) is 0.308. The normalized spacial score (nSPS) is 13.0. The standard InChI is InChI=1S/C13H13F3N4O/c1-8(12-17-7-18-20-12)19-11(21)6-9-2-4-10(5-3-9)13(14,15)16/h2-5,7-8H,6H2,1H3,(H,19,21)(H,17,18,20). The van der Waals surface area contributed by atoms with Gasteiger partial charge >= 0.3 is 6.18 Å². The first-order valence-corrected chi connectivity index (χ1v) is 6.17. The average Bonchev–Trinajstić information content (AvgIpc) is 2.92. The molecule has 1 heterocycles. The summed E-state index contributed by atoms with van der Waals surface area (Å²) in [5, 5.41) is 8.98. The minimum Gasteiger partial charge on any atom is -0.346 e. The number of hydrogen-bond acceptors (Lipinski definition) is 3. The first kappa shape index (κ1) is 15.0. The highest BCUT2D eigenvalue weighted by Crippen LogP contribution is 2.29. The Hall–Kier alpha value is -2.38. The van der Waals surface area contributed by atoms with Gasteiger partial charge in [-0.15, -0.1) is 0 Å². The highest BCUT2D eigenvalue weighted by atomic mass is 19.4. The van der Waals surface area contributed by atoms with Gasteiger partial charge in [0.15, 0.2) is 0 Å². The van der Waals surface area contributed by atoms with Gasteiger partial charge in [-0.25, -0.2) is 4.98 Å². The lowest BCUT2D eigenvalue weighted by molar-refractivity contribution is -0.137. The monoisotopic (exact) mass is 298 g/mol. The molecule has 1 unspecified atom stereocenters. The number of carbonyl (C=O) groups excluding carboxylic acids is 1. The van der Waals surface area contributed by atoms with Crippen molar-refractivity contribution in [2.75, 3.05) is 0 Å². The number of benzene rings is 1. The molecule has 0 fully saturated rings. The van der Waals surface area contributed by atoms with Crippen molar-refractivity contribution in [1.82, 2.24) is 20.5 Å². The van der Waals surface area contributed by atoms with Gasteiger partial charge in [0.25, 0.3) is 0 Å². The average molecular weight is 298 g/mol. The van der Waals surface area contributed by atoms with Crippen LogP contribution in [0.4, 0.5) is 13.2 Å². The summed E-state index contributed by atoms with van der Waals surface area (Å²) in [6.07, 6.45) is -3.05. The summed E-state index contributed by atoms with van der Waals surface area (Å²) in [6.45, 7) is 1.73. The van der Waals surface area contributed by atoms with Gasteiger partial charge in [-0.3, -0.25) is 9.89 Å². The van der Waals surface area contributed by atoms with Crippen molar-refractivity contribution >= 4 is 5.91 Å². The van der Waals surface area contributed by atoms with Crippen molar-refractivity contribution in [2.24, 2.45) is 0 Å². The molecule has 1 amide bonds. The van der Waals surface area contributed by atoms with Crippen LogP contribution in [0.25, 0.3) is 0 Å². The number of carbonyl (C=O) groups is 1. The Morgan fingerprint density at radius 1 is 1.33 bits per heavy atom. The van der Waals surface area contributed by atoms with Crippen molar-refractivity contribution in [2.45, 2.75) is 25.6 Å². The Morgan fingerprint density at radius 2 is 2.00 bits per heavy atom. The highest BCUT2D eigenvalue weighted by Gasteiger charge is 2.29. The van der Waals surface area contributed by atoms with E-state index in [1.54, 1.807) is 6.92 Å². The van der Waals surface area contributed by atoms with E-state index in [0.717, 1.165) is 12.1 Å². The van der Waals surface area contributed by atoms with Gasteiger partial charge in [-0.05, 0) is 24.6 Å². The third-order valence-corrected chi connectivity index (χ3v) is 2.87. The number of nitrogens with zero attached hydrogens (tertiary/aromatic N) is 2. The molecule has 1 aromatic carbocycles. The smallest absolute Gasteiger partial charge is 0.346 e. The summed E-state index contributed by atoms with van der Waals surface area (Å²) in [4.78, 5) is 15.7. The fourth-order valence-corrected chi connectivity index (χ4v) is 1.78. The SMILES string of the molecule is CC(NC(=O)Cc1ccc(C(F)(F)F)cc1)c1ncn[nH]1. The van der Waals surface area contributed by atoms with E-state index in [9.17, 15) is 18.0 Å². The second-order valence-corrected chi connectivity index (χ2v) is 4.53. The van der Waals surface area contributed by atoms with Gasteiger partial charge in [-0.2, -0.15) is 18.3 Å². The minimum atomic E-state index is -4.37. The molecule has 112 valence electrons. The summed E-state index contributed by atoms with van der Waals surface area (Å²) in [6, 6.07) is 4.16. The molecule has 0 aliphatic heterocycles. The molecule has 5 nitrogen and oxygen atoms in total. The van der Waals surface area contributed by atoms with Gasteiger partial charge in [-0.1, -0.05) is 12.1 Å². The van der Waals surface area contributed by atoms with E-state index < -0.39 is 11.7 Å². The number of alkyl halides is 3. The summed E-state index contributed by atoms with van der Waals surface area (Å²) in [7, 11) is 0. The van der Waals surface area contributed by atoms with Crippen molar-refractivity contribution in [3.05, 3.63) is 47.5 Å². The van der Waals surface area contributed by atoms with Crippen LogP contribution < -0.4 is 5.32 Å². The van der Waals surface area contributed by atoms with Crippen molar-refractivity contribution in [3.63, 3.8) is 0 Å². The molecule has 0 spiro atoms. The zero-order valence-electron chi connectivity index (χ0n) is 11.1. The molecule has 0 radical (unpaired) electrons. The molecule has 0 aliphatic rings. The minimum absolute atomic E-state index is 0.00336. The van der Waals surface area contributed by atoms with Crippen molar-refractivity contribution < 1.29 is 18.0 Å². The largest absolute Gasteiger partial charge is 0.416 e. The molecular weight excluding hydrogens is 285 g/mol. The maximum Gasteiger partial charge on any atom is 0.416 e. The van der Waals surface area contributed by atoms with Gasteiger partial charge in [0.2, 0.25) is 5.91 Å². The maximum absolute atomic E-state index is 12.4. The molecule has 21 heavy (non-hydrogen) atoms. The fourth-order valence-electron chi connectivity index (χ4n) is 1.78. The summed E-state index contributed by atoms with van der Waals surface area (Å²) in [5.74, 6) is 0.203. The first-order chi connectivity index (χ1) is 9.86. The van der Waals surface area contributed by atoms with Crippen molar-refractivity contribution in [1.29, 1.82) is 0 Å². The second-order valence-electron chi connectivity index (χ2n) is 4.53. The Balaban J connectivity index is 1.94. The molecule has 2 rings (SSSR count). The van der Waals surface area contributed by atoms with E-state index in [0.29, 0.717) is 11.4 Å². The van der Waals surface area contributed by atoms with Crippen LogP contribution in [0, 0.1) is 0 Å². The molecule has 0 saturated heterocycles. The Morgan fingerprint density at radius 3 is 2.52 bits per heavy atom. The van der Waals surface area contributed by atoms with E-state index in [1.165, 1.54) is 18.5 Å². The van der Waals surface area contributed by atoms with E-state index in [1.807, 2.05) is 0 Å². The molecular formula is C13H13F3N4O. The van der Waals surface area contributed by atoms with Crippen LogP contribution in [0.5, 0.6) is 0 Å². The molecule has 8 heteroatoms. The molecule has 0 saturated carbocycles. The van der Waals surface area contributed by atoms with E-state index in [-0.39, 0.29) is 18.4 Å². The maximum atomic E-state index is 12.4. The van der Waals surface area contributed by atoms with Crippen LogP contribution in [-0.2, 0) is 17.4 Å². The summed E-state index contributed by atoms with van der Waals surface area (Å²) < 4.78 is 37.2. The Bertz CT molecular complexity index is 593. The molecule has 1 atom stereocenters. The molecule has 2 aromatic rings. The molecule has 0 aliphatic carbocycles. The predicted octanol–water partition coefficient (Wildman–Crippen LogP) is 2.24. The predicted molar refractivity (Wildman–Crippen MR) is 68.1 cm³/mol. The lowest BCUT2D eigenvalue weighted by Gasteiger charge is -2.11. The number of nitrogens with one attached hydrogen (secondary N) is 2. The van der Waals surface area contributed by atoms with Gasteiger partial charge in [0.1, 0.15) is 12.2 Å². The third-order valence-electron chi connectivity index (χ3n) is 2.87. The number of hydrogen-bond donors (Lipinski definition) is 2. The Labute approximate surface area is 118 Å². The van der Waals surface area contributed by atoms with Crippen LogP contribution in [0.1, 0.15) is 29.9 Å². The lowest BCUT2D eigenvalue weighted by atomic mass is 10.1. The first-order valence-electron chi connectivity index (χ1n) is 6.17. The number of rotatable bonds is 4. The zero-order chi connectivity index (χ0) is 15.5. The van der Waals surface area contributed by atoms with Crippen molar-refractivity contribution in [3.8, 4) is 0 Å². The van der Waals surface area contributed by atoms with Crippen LogP contribution in [0.3, 0.4) is 0 Å². The zero-order valence-corrected chi connectivity index (χ0v) is 11.1. The lowest BCUT2D eigenvalue weighted by Crippen LogP contribution is -2.28. The third kappa shape index (κ3) is 4.04. The van der Waals surface area contributed by atoms with E-state index >= 15 is 0 Å².